The van der Waals surface area contributed by atoms with Crippen molar-refractivity contribution in [3.8, 4) is 5.95 Å². The van der Waals surface area contributed by atoms with Crippen molar-refractivity contribution in [3.05, 3.63) is 54.5 Å². The van der Waals surface area contributed by atoms with Crippen LogP contribution in [0, 0.1) is 0 Å². The smallest absolute Gasteiger partial charge is 0.268 e. The number of carbonyl (C=O) groups is 1. The van der Waals surface area contributed by atoms with Gasteiger partial charge in [-0.1, -0.05) is 18.2 Å². The molecule has 0 radical (unpaired) electrons. The molecule has 4 aromatic rings. The Labute approximate surface area is 193 Å². The largest absolute Gasteiger partial charge is 0.379 e. The molecule has 0 bridgehead atoms. The molecule has 0 atom stereocenters. The summed E-state index contributed by atoms with van der Waals surface area (Å²) >= 11 is 0. The van der Waals surface area contributed by atoms with E-state index in [1.807, 2.05) is 22.8 Å². The lowest BCUT2D eigenvalue weighted by Gasteiger charge is -2.26. The van der Waals surface area contributed by atoms with Crippen molar-refractivity contribution in [3.63, 3.8) is 0 Å². The van der Waals surface area contributed by atoms with E-state index in [1.54, 1.807) is 18.5 Å². The van der Waals surface area contributed by atoms with Crippen LogP contribution in [-0.2, 0) is 4.74 Å². The molecule has 1 N–H and O–H groups in total. The van der Waals surface area contributed by atoms with Crippen LogP contribution in [0.3, 0.4) is 0 Å². The number of fused-ring (bicyclic) bond motifs is 3. The van der Waals surface area contributed by atoms with Crippen LogP contribution in [0.25, 0.3) is 27.9 Å². The lowest BCUT2D eigenvalue weighted by atomic mass is 10.2. The summed E-state index contributed by atoms with van der Waals surface area (Å²) in [5, 5.41) is 4.20. The first-order valence-electron chi connectivity index (χ1n) is 11.6. The van der Waals surface area contributed by atoms with Crippen LogP contribution in [0.5, 0.6) is 0 Å². The summed E-state index contributed by atoms with van der Waals surface area (Å²) in [6.07, 6.45) is 4.31. The number of benzene rings is 1. The van der Waals surface area contributed by atoms with Crippen LogP contribution in [0.4, 0.5) is 0 Å². The third-order valence-electron chi connectivity index (χ3n) is 6.20. The molecular weight excluding hydrogens is 416 g/mol. The molecule has 1 fully saturated rings. The summed E-state index contributed by atoms with van der Waals surface area (Å²) in [5.41, 5.74) is 3.67. The molecule has 1 aromatic carbocycles. The average molecular weight is 447 g/mol. The highest BCUT2D eigenvalue weighted by atomic mass is 16.5. The van der Waals surface area contributed by atoms with Gasteiger partial charge in [0.15, 0.2) is 0 Å². The van der Waals surface area contributed by atoms with E-state index in [2.05, 4.69) is 50.7 Å². The first-order valence-corrected chi connectivity index (χ1v) is 11.6. The van der Waals surface area contributed by atoms with E-state index in [0.717, 1.165) is 61.2 Å². The number of nitrogens with zero attached hydrogens (tertiary/aromatic N) is 5. The Morgan fingerprint density at radius 1 is 1.09 bits per heavy atom. The van der Waals surface area contributed by atoms with Crippen molar-refractivity contribution in [1.82, 2.24) is 29.3 Å². The predicted octanol–water partition coefficient (Wildman–Crippen LogP) is 3.41. The Morgan fingerprint density at radius 2 is 1.85 bits per heavy atom. The van der Waals surface area contributed by atoms with Gasteiger partial charge in [-0.15, -0.1) is 0 Å². The van der Waals surface area contributed by atoms with E-state index < -0.39 is 0 Å². The molecule has 1 saturated heterocycles. The number of nitrogens with one attached hydrogen (secondary N) is 1. The predicted molar refractivity (Wildman–Crippen MR) is 129 cm³/mol. The molecule has 4 heterocycles. The van der Waals surface area contributed by atoms with Crippen LogP contribution >= 0.6 is 0 Å². The van der Waals surface area contributed by atoms with Gasteiger partial charge < -0.3 is 14.6 Å². The molecule has 0 aliphatic carbocycles. The van der Waals surface area contributed by atoms with Crippen molar-refractivity contribution in [1.29, 1.82) is 0 Å². The van der Waals surface area contributed by atoms with Gasteiger partial charge in [0.1, 0.15) is 5.69 Å². The molecule has 33 heavy (non-hydrogen) atoms. The second-order valence-electron chi connectivity index (χ2n) is 8.69. The Hall–Kier alpha value is -3.23. The maximum Gasteiger partial charge on any atom is 0.268 e. The number of amides is 1. The second kappa shape index (κ2) is 9.33. The van der Waals surface area contributed by atoms with Gasteiger partial charge in [-0.3, -0.25) is 14.3 Å². The fraction of sp³-hybridized carbons (Fsp3) is 0.400. The van der Waals surface area contributed by atoms with Crippen LogP contribution in [0.2, 0.25) is 0 Å². The molecule has 1 amide bonds. The minimum atomic E-state index is -0.111. The summed E-state index contributed by atoms with van der Waals surface area (Å²) in [4.78, 5) is 24.7. The summed E-state index contributed by atoms with van der Waals surface area (Å²) in [6.45, 7) is 9.39. The lowest BCUT2D eigenvalue weighted by molar-refractivity contribution is 0.0374. The highest BCUT2D eigenvalue weighted by Crippen LogP contribution is 2.35. The Bertz CT molecular complexity index is 1250. The monoisotopic (exact) mass is 446 g/mol. The van der Waals surface area contributed by atoms with Gasteiger partial charge in [0.2, 0.25) is 5.95 Å². The first kappa shape index (κ1) is 21.6. The molecule has 0 spiro atoms. The van der Waals surface area contributed by atoms with Gasteiger partial charge >= 0.3 is 0 Å². The zero-order valence-electron chi connectivity index (χ0n) is 19.2. The third-order valence-corrected chi connectivity index (χ3v) is 6.20. The number of hydrogen-bond acceptors (Lipinski definition) is 5. The minimum Gasteiger partial charge on any atom is -0.379 e. The van der Waals surface area contributed by atoms with Crippen molar-refractivity contribution in [2.75, 3.05) is 39.4 Å². The van der Waals surface area contributed by atoms with Crippen molar-refractivity contribution in [2.45, 2.75) is 26.3 Å². The standard InChI is InChI=1S/C25H30N6O2/c1-18(2)30-20-8-4-3-7-19(20)23-21(30)17-22(31(23)25-27-9-5-10-28-25)24(32)26-11-6-12-29-13-15-33-16-14-29/h3-5,7-10,17-18H,6,11-16H2,1-2H3,(H,26,32). The summed E-state index contributed by atoms with van der Waals surface area (Å²) < 4.78 is 9.58. The highest BCUT2D eigenvalue weighted by molar-refractivity contribution is 6.11. The van der Waals surface area contributed by atoms with Crippen LogP contribution in [0.15, 0.2) is 48.8 Å². The van der Waals surface area contributed by atoms with Gasteiger partial charge in [0, 0.05) is 43.5 Å². The number of morpholine rings is 1. The summed E-state index contributed by atoms with van der Waals surface area (Å²) in [7, 11) is 0. The molecule has 8 nitrogen and oxygen atoms in total. The SMILES string of the molecule is CC(C)n1c2ccccc2c2c1cc(C(=O)NCCCN1CCOCC1)n2-c1ncccn1. The van der Waals surface area contributed by atoms with E-state index in [4.69, 9.17) is 4.74 Å². The van der Waals surface area contributed by atoms with Gasteiger partial charge in [-0.25, -0.2) is 9.97 Å². The number of para-hydroxylation sites is 1. The van der Waals surface area contributed by atoms with Crippen molar-refractivity contribution >= 4 is 27.8 Å². The fourth-order valence-corrected chi connectivity index (χ4v) is 4.71. The third kappa shape index (κ3) is 4.12. The van der Waals surface area contributed by atoms with Gasteiger partial charge in [0.05, 0.1) is 29.8 Å². The van der Waals surface area contributed by atoms with Crippen molar-refractivity contribution in [2.24, 2.45) is 0 Å². The maximum absolute atomic E-state index is 13.3. The average Bonchev–Trinajstić information content (AvgIpc) is 3.38. The zero-order chi connectivity index (χ0) is 22.8. The summed E-state index contributed by atoms with van der Waals surface area (Å²) in [6, 6.07) is 12.3. The van der Waals surface area contributed by atoms with Crippen LogP contribution in [-0.4, -0.2) is 69.3 Å². The second-order valence-corrected chi connectivity index (χ2v) is 8.69. The van der Waals surface area contributed by atoms with E-state index in [1.165, 1.54) is 0 Å². The number of carbonyl (C=O) groups excluding carboxylic acids is 1. The van der Waals surface area contributed by atoms with Gasteiger partial charge in [-0.05, 0) is 45.0 Å². The topological polar surface area (TPSA) is 77.2 Å². The molecule has 3 aromatic heterocycles. The molecular formula is C25H30N6O2. The lowest BCUT2D eigenvalue weighted by Crippen LogP contribution is -2.38. The molecule has 0 unspecified atom stereocenters. The number of hydrogen-bond donors (Lipinski definition) is 1. The van der Waals surface area contributed by atoms with Crippen LogP contribution < -0.4 is 5.32 Å². The van der Waals surface area contributed by atoms with E-state index >= 15 is 0 Å². The minimum absolute atomic E-state index is 0.111. The van der Waals surface area contributed by atoms with Gasteiger partial charge in [0.25, 0.3) is 5.91 Å². The highest BCUT2D eigenvalue weighted by Gasteiger charge is 2.24. The number of aromatic nitrogens is 4. The molecule has 1 aliphatic rings. The van der Waals surface area contributed by atoms with Gasteiger partial charge in [-0.2, -0.15) is 0 Å². The number of ether oxygens (including phenoxy) is 1. The fourth-order valence-electron chi connectivity index (χ4n) is 4.71. The van der Waals surface area contributed by atoms with Crippen molar-refractivity contribution < 1.29 is 9.53 Å². The molecule has 5 rings (SSSR count). The maximum atomic E-state index is 13.3. The van der Waals surface area contributed by atoms with Crippen LogP contribution in [0.1, 0.15) is 36.8 Å². The Kier molecular flexibility index (Phi) is 6.11. The van der Waals surface area contributed by atoms with E-state index in [9.17, 15) is 4.79 Å². The molecule has 8 heteroatoms. The van der Waals surface area contributed by atoms with E-state index in [-0.39, 0.29) is 11.9 Å². The Balaban J connectivity index is 1.50. The summed E-state index contributed by atoms with van der Waals surface area (Å²) in [5.74, 6) is 0.387. The molecule has 172 valence electrons. The van der Waals surface area contributed by atoms with E-state index in [0.29, 0.717) is 18.2 Å². The zero-order valence-corrected chi connectivity index (χ0v) is 19.2. The Morgan fingerprint density at radius 3 is 2.61 bits per heavy atom. The first-order chi connectivity index (χ1) is 16.1. The normalized spacial score (nSPS) is 15.0. The quantitative estimate of drug-likeness (QED) is 0.440. The molecule has 0 saturated carbocycles. The molecule has 1 aliphatic heterocycles. The number of rotatable bonds is 7.